The summed E-state index contributed by atoms with van der Waals surface area (Å²) >= 11 is 2.02. The zero-order valence-electron chi connectivity index (χ0n) is 13.4. The standard InChI is InChI=1S/C19H26OS/c1-13-8-9-16(17(20)10-13)19(2,3)12-15-11-14-6-4-5-7-18(14)21-15/h4-7,13,15-16H,8-12H2,1-3H3. The number of benzene rings is 1. The number of carbonyl (C=O) groups is 1. The second-order valence-electron chi connectivity index (χ2n) is 7.65. The lowest BCUT2D eigenvalue weighted by atomic mass is 9.66. The first-order chi connectivity index (χ1) is 9.95. The van der Waals surface area contributed by atoms with Crippen molar-refractivity contribution in [3.63, 3.8) is 0 Å². The van der Waals surface area contributed by atoms with Crippen molar-refractivity contribution in [3.05, 3.63) is 29.8 Å². The van der Waals surface area contributed by atoms with Crippen molar-refractivity contribution in [2.75, 3.05) is 0 Å². The third-order valence-corrected chi connectivity index (χ3v) is 6.62. The minimum absolute atomic E-state index is 0.136. The van der Waals surface area contributed by atoms with Gasteiger partial charge in [0.1, 0.15) is 5.78 Å². The zero-order chi connectivity index (χ0) is 15.0. The van der Waals surface area contributed by atoms with E-state index in [1.807, 2.05) is 11.8 Å². The molecule has 1 saturated carbocycles. The SMILES string of the molecule is CC1CCC(C(C)(C)CC2Cc3ccccc3S2)C(=O)C1. The van der Waals surface area contributed by atoms with Crippen LogP contribution in [0.1, 0.15) is 52.0 Å². The van der Waals surface area contributed by atoms with Gasteiger partial charge in [0.25, 0.3) is 0 Å². The molecule has 1 aromatic rings. The molecule has 0 spiro atoms. The molecule has 1 aromatic carbocycles. The van der Waals surface area contributed by atoms with Gasteiger partial charge in [-0.2, -0.15) is 0 Å². The predicted molar refractivity (Wildman–Crippen MR) is 89.7 cm³/mol. The van der Waals surface area contributed by atoms with Gasteiger partial charge in [-0.15, -0.1) is 11.8 Å². The monoisotopic (exact) mass is 302 g/mol. The lowest BCUT2D eigenvalue weighted by Crippen LogP contribution is -2.37. The first-order valence-electron chi connectivity index (χ1n) is 8.23. The topological polar surface area (TPSA) is 17.1 Å². The van der Waals surface area contributed by atoms with Crippen LogP contribution in [0.3, 0.4) is 0 Å². The first kappa shape index (κ1) is 15.1. The molecule has 0 amide bonds. The van der Waals surface area contributed by atoms with Crippen LogP contribution in [0.4, 0.5) is 0 Å². The van der Waals surface area contributed by atoms with Gasteiger partial charge in [0.2, 0.25) is 0 Å². The Morgan fingerprint density at radius 3 is 2.67 bits per heavy atom. The molecule has 1 aliphatic heterocycles. The van der Waals surface area contributed by atoms with Crippen LogP contribution < -0.4 is 0 Å². The minimum atomic E-state index is 0.136. The number of rotatable bonds is 3. The molecule has 2 heteroatoms. The Morgan fingerprint density at radius 1 is 1.19 bits per heavy atom. The zero-order valence-corrected chi connectivity index (χ0v) is 14.2. The molecule has 0 N–H and O–H groups in total. The van der Waals surface area contributed by atoms with Gasteiger partial charge in [-0.3, -0.25) is 4.79 Å². The number of Topliss-reactive ketones (excluding diaryl/α,β-unsaturated/α-hetero) is 1. The molecular formula is C19H26OS. The highest BCUT2D eigenvalue weighted by Crippen LogP contribution is 2.47. The second kappa shape index (κ2) is 5.79. The summed E-state index contributed by atoms with van der Waals surface area (Å²) in [6, 6.07) is 8.76. The molecule has 3 unspecified atom stereocenters. The van der Waals surface area contributed by atoms with Gasteiger partial charge < -0.3 is 0 Å². The summed E-state index contributed by atoms with van der Waals surface area (Å²) in [4.78, 5) is 13.9. The van der Waals surface area contributed by atoms with E-state index >= 15 is 0 Å². The van der Waals surface area contributed by atoms with Crippen LogP contribution in [0, 0.1) is 17.3 Å². The molecule has 0 saturated heterocycles. The Kier molecular flexibility index (Phi) is 4.18. The molecule has 0 bridgehead atoms. The number of fused-ring (bicyclic) bond motifs is 1. The average Bonchev–Trinajstić information content (AvgIpc) is 2.79. The van der Waals surface area contributed by atoms with Crippen LogP contribution >= 0.6 is 11.8 Å². The van der Waals surface area contributed by atoms with E-state index in [1.165, 1.54) is 23.3 Å². The van der Waals surface area contributed by atoms with Gasteiger partial charge in [-0.05, 0) is 48.6 Å². The van der Waals surface area contributed by atoms with E-state index in [2.05, 4.69) is 45.0 Å². The highest BCUT2D eigenvalue weighted by Gasteiger charge is 2.40. The largest absolute Gasteiger partial charge is 0.299 e. The third-order valence-electron chi connectivity index (χ3n) is 5.30. The van der Waals surface area contributed by atoms with Crippen LogP contribution in [-0.2, 0) is 11.2 Å². The fourth-order valence-corrected chi connectivity index (χ4v) is 5.72. The normalized spacial score (nSPS) is 29.5. The minimum Gasteiger partial charge on any atom is -0.299 e. The predicted octanol–water partition coefficient (Wildman–Crippen LogP) is 5.13. The first-order valence-corrected chi connectivity index (χ1v) is 9.11. The van der Waals surface area contributed by atoms with E-state index < -0.39 is 0 Å². The molecule has 3 atom stereocenters. The average molecular weight is 302 g/mol. The van der Waals surface area contributed by atoms with E-state index in [0.29, 0.717) is 17.0 Å². The van der Waals surface area contributed by atoms with Crippen LogP contribution in [0.15, 0.2) is 29.2 Å². The number of ketones is 1. The fourth-order valence-electron chi connectivity index (χ4n) is 4.12. The molecule has 114 valence electrons. The molecule has 1 nitrogen and oxygen atoms in total. The quantitative estimate of drug-likeness (QED) is 0.770. The molecule has 21 heavy (non-hydrogen) atoms. The van der Waals surface area contributed by atoms with Crippen LogP contribution in [0.5, 0.6) is 0 Å². The van der Waals surface area contributed by atoms with Gasteiger partial charge in [0.15, 0.2) is 0 Å². The van der Waals surface area contributed by atoms with E-state index in [-0.39, 0.29) is 11.3 Å². The number of thioether (sulfide) groups is 1. The van der Waals surface area contributed by atoms with Crippen molar-refractivity contribution in [3.8, 4) is 0 Å². The Labute approximate surface area is 132 Å². The van der Waals surface area contributed by atoms with E-state index in [4.69, 9.17) is 0 Å². The summed E-state index contributed by atoms with van der Waals surface area (Å²) in [5, 5.41) is 0.643. The summed E-state index contributed by atoms with van der Waals surface area (Å²) in [7, 11) is 0. The Bertz CT molecular complexity index is 509. The van der Waals surface area contributed by atoms with Gasteiger partial charge in [-0.25, -0.2) is 0 Å². The number of carbonyl (C=O) groups excluding carboxylic acids is 1. The maximum Gasteiger partial charge on any atom is 0.136 e. The molecule has 0 aromatic heterocycles. The van der Waals surface area contributed by atoms with Gasteiger partial charge >= 0.3 is 0 Å². The second-order valence-corrected chi connectivity index (χ2v) is 8.99. The lowest BCUT2D eigenvalue weighted by Gasteiger charge is -2.38. The lowest BCUT2D eigenvalue weighted by molar-refractivity contribution is -0.130. The Hall–Kier alpha value is -0.760. The molecule has 2 aliphatic rings. The molecular weight excluding hydrogens is 276 g/mol. The summed E-state index contributed by atoms with van der Waals surface area (Å²) in [5.74, 6) is 1.38. The summed E-state index contributed by atoms with van der Waals surface area (Å²) in [6.07, 6.45) is 5.43. The van der Waals surface area contributed by atoms with E-state index in [9.17, 15) is 4.79 Å². The number of hydrogen-bond donors (Lipinski definition) is 0. The fraction of sp³-hybridized carbons (Fsp3) is 0.632. The maximum absolute atomic E-state index is 12.4. The van der Waals surface area contributed by atoms with E-state index in [1.54, 1.807) is 0 Å². The van der Waals surface area contributed by atoms with Crippen molar-refractivity contribution < 1.29 is 4.79 Å². The smallest absolute Gasteiger partial charge is 0.136 e. The summed E-state index contributed by atoms with van der Waals surface area (Å²) in [5.41, 5.74) is 1.63. The highest BCUT2D eigenvalue weighted by molar-refractivity contribution is 8.00. The molecule has 1 aliphatic carbocycles. The van der Waals surface area contributed by atoms with Gasteiger partial charge in [-0.1, -0.05) is 39.0 Å². The van der Waals surface area contributed by atoms with E-state index in [0.717, 1.165) is 19.3 Å². The maximum atomic E-state index is 12.4. The van der Waals surface area contributed by atoms with Crippen molar-refractivity contribution in [1.29, 1.82) is 0 Å². The van der Waals surface area contributed by atoms with Gasteiger partial charge in [0.05, 0.1) is 0 Å². The highest BCUT2D eigenvalue weighted by atomic mass is 32.2. The molecule has 0 radical (unpaired) electrons. The summed E-state index contributed by atoms with van der Waals surface area (Å²) < 4.78 is 0. The molecule has 1 fully saturated rings. The van der Waals surface area contributed by atoms with Crippen molar-refractivity contribution in [2.24, 2.45) is 17.3 Å². The Morgan fingerprint density at radius 2 is 1.95 bits per heavy atom. The third kappa shape index (κ3) is 3.21. The van der Waals surface area contributed by atoms with Crippen LogP contribution in [-0.4, -0.2) is 11.0 Å². The van der Waals surface area contributed by atoms with Crippen LogP contribution in [0.25, 0.3) is 0 Å². The van der Waals surface area contributed by atoms with Crippen molar-refractivity contribution in [1.82, 2.24) is 0 Å². The molecule has 3 rings (SSSR count). The number of hydrogen-bond acceptors (Lipinski definition) is 2. The summed E-state index contributed by atoms with van der Waals surface area (Å²) in [6.45, 7) is 6.84. The van der Waals surface area contributed by atoms with Gasteiger partial charge in [0, 0.05) is 22.5 Å². The van der Waals surface area contributed by atoms with Crippen molar-refractivity contribution >= 4 is 17.5 Å². The van der Waals surface area contributed by atoms with Crippen LogP contribution in [0.2, 0.25) is 0 Å². The Balaban J connectivity index is 1.66. The molecule has 1 heterocycles. The van der Waals surface area contributed by atoms with Crippen molar-refractivity contribution in [2.45, 2.75) is 63.0 Å².